The molecule has 31 heavy (non-hydrogen) atoms. The van der Waals surface area contributed by atoms with Gasteiger partial charge in [0.2, 0.25) is 11.8 Å². The second-order valence-electron chi connectivity index (χ2n) is 8.72. The van der Waals surface area contributed by atoms with Crippen LogP contribution in [0.4, 0.5) is 5.82 Å². The van der Waals surface area contributed by atoms with E-state index in [1.54, 1.807) is 30.2 Å². The first-order valence-electron chi connectivity index (χ1n) is 11.3. The molecule has 2 atom stereocenters. The van der Waals surface area contributed by atoms with Crippen molar-refractivity contribution in [1.82, 2.24) is 20.5 Å². The summed E-state index contributed by atoms with van der Waals surface area (Å²) in [5, 5.41) is 9.36. The summed E-state index contributed by atoms with van der Waals surface area (Å²) < 4.78 is 0. The number of nitrogens with zero attached hydrogens (tertiary/aromatic N) is 2. The van der Waals surface area contributed by atoms with Crippen molar-refractivity contribution in [2.24, 2.45) is 0 Å². The molecule has 4 rings (SSSR count). The predicted octanol–water partition coefficient (Wildman–Crippen LogP) is 2.34. The molecule has 3 N–H and O–H groups in total. The van der Waals surface area contributed by atoms with Gasteiger partial charge in [0, 0.05) is 32.1 Å². The molecule has 3 amide bonds. The Hall–Kier alpha value is -2.90. The van der Waals surface area contributed by atoms with Gasteiger partial charge >= 0.3 is 0 Å². The van der Waals surface area contributed by atoms with Crippen LogP contribution in [0.25, 0.3) is 0 Å². The van der Waals surface area contributed by atoms with Crippen molar-refractivity contribution in [3.05, 3.63) is 35.5 Å². The van der Waals surface area contributed by atoms with Crippen LogP contribution in [-0.4, -0.2) is 52.4 Å². The number of rotatable bonds is 5. The number of anilines is 1. The van der Waals surface area contributed by atoms with Crippen LogP contribution < -0.4 is 16.0 Å². The highest BCUT2D eigenvalue weighted by atomic mass is 16.2. The topological polar surface area (TPSA) is 103 Å². The van der Waals surface area contributed by atoms with Gasteiger partial charge in [0.1, 0.15) is 17.5 Å². The van der Waals surface area contributed by atoms with Gasteiger partial charge in [-0.05, 0) is 57.6 Å². The van der Waals surface area contributed by atoms with Gasteiger partial charge in [-0.15, -0.1) is 0 Å². The Morgan fingerprint density at radius 1 is 1.26 bits per heavy atom. The van der Waals surface area contributed by atoms with Crippen molar-refractivity contribution < 1.29 is 14.4 Å². The van der Waals surface area contributed by atoms with E-state index in [0.717, 1.165) is 19.3 Å². The average Bonchev–Trinajstić information content (AvgIpc) is 2.93. The van der Waals surface area contributed by atoms with Crippen LogP contribution in [0.1, 0.15) is 68.6 Å². The van der Waals surface area contributed by atoms with E-state index in [1.807, 2.05) is 0 Å². The van der Waals surface area contributed by atoms with Crippen LogP contribution in [0.5, 0.6) is 0 Å². The van der Waals surface area contributed by atoms with Gasteiger partial charge in [-0.1, -0.05) is 11.6 Å². The van der Waals surface area contributed by atoms with Crippen molar-refractivity contribution in [2.75, 3.05) is 18.4 Å². The molecule has 3 aliphatic rings. The number of carbonyl (C=O) groups is 3. The lowest BCUT2D eigenvalue weighted by atomic mass is 9.97. The van der Waals surface area contributed by atoms with Gasteiger partial charge in [-0.2, -0.15) is 0 Å². The second-order valence-corrected chi connectivity index (χ2v) is 8.72. The molecule has 0 saturated carbocycles. The highest BCUT2D eigenvalue weighted by Gasteiger charge is 2.42. The van der Waals surface area contributed by atoms with Gasteiger partial charge < -0.3 is 20.9 Å². The summed E-state index contributed by atoms with van der Waals surface area (Å²) in [7, 11) is 0. The van der Waals surface area contributed by atoms with E-state index in [4.69, 9.17) is 0 Å². The smallest absolute Gasteiger partial charge is 0.256 e. The van der Waals surface area contributed by atoms with E-state index in [1.165, 1.54) is 18.4 Å². The quantitative estimate of drug-likeness (QED) is 0.629. The summed E-state index contributed by atoms with van der Waals surface area (Å²) in [4.78, 5) is 44.0. The molecule has 1 fully saturated rings. The number of likely N-dealkylation sites (tertiary alicyclic amines) is 1. The van der Waals surface area contributed by atoms with Crippen LogP contribution in [0.3, 0.4) is 0 Å². The molecule has 0 aromatic carbocycles. The third-order valence-corrected chi connectivity index (χ3v) is 6.61. The molecule has 2 aliphatic heterocycles. The number of amides is 3. The maximum absolute atomic E-state index is 12.8. The van der Waals surface area contributed by atoms with Gasteiger partial charge in [0.05, 0.1) is 5.56 Å². The Morgan fingerprint density at radius 2 is 2.13 bits per heavy atom. The normalized spacial score (nSPS) is 24.4. The standard InChI is InChI=1S/C23H31N5O3/c1-16(21(30)25-14-10-17-6-3-2-4-7-17)28-15-12-23(11-9-19(28)29)26-20-18(22(31)27-23)8-5-13-24-20/h5-6,8,13,16H,2-4,7,9-12,14-15H2,1H3,(H,24,26)(H,25,30)(H,27,31). The lowest BCUT2D eigenvalue weighted by molar-refractivity contribution is -0.139. The van der Waals surface area contributed by atoms with E-state index >= 15 is 0 Å². The molecule has 0 radical (unpaired) electrons. The highest BCUT2D eigenvalue weighted by molar-refractivity contribution is 6.01. The first-order chi connectivity index (χ1) is 15.0. The van der Waals surface area contributed by atoms with Crippen LogP contribution >= 0.6 is 0 Å². The molecule has 166 valence electrons. The number of aromatic nitrogens is 1. The minimum Gasteiger partial charge on any atom is -0.354 e. The van der Waals surface area contributed by atoms with Crippen LogP contribution in [0, 0.1) is 0 Å². The molecule has 1 aliphatic carbocycles. The van der Waals surface area contributed by atoms with Gasteiger partial charge in [-0.3, -0.25) is 14.4 Å². The summed E-state index contributed by atoms with van der Waals surface area (Å²) >= 11 is 0. The molecule has 8 heteroatoms. The molecule has 1 saturated heterocycles. The molecule has 1 aromatic rings. The molecule has 1 aromatic heterocycles. The first kappa shape index (κ1) is 21.3. The van der Waals surface area contributed by atoms with Gasteiger partial charge in [-0.25, -0.2) is 4.98 Å². The van der Waals surface area contributed by atoms with E-state index in [-0.39, 0.29) is 24.1 Å². The fourth-order valence-corrected chi connectivity index (χ4v) is 4.68. The fourth-order valence-electron chi connectivity index (χ4n) is 4.68. The van der Waals surface area contributed by atoms with Crippen LogP contribution in [0.2, 0.25) is 0 Å². The third-order valence-electron chi connectivity index (χ3n) is 6.61. The average molecular weight is 426 g/mol. The lowest BCUT2D eigenvalue weighted by Gasteiger charge is -2.39. The minimum absolute atomic E-state index is 0.0719. The first-order valence-corrected chi connectivity index (χ1v) is 11.3. The number of carbonyl (C=O) groups excluding carboxylic acids is 3. The molecule has 2 unspecified atom stereocenters. The number of hydrogen-bond acceptors (Lipinski definition) is 5. The number of hydrogen-bond donors (Lipinski definition) is 3. The summed E-state index contributed by atoms with van der Waals surface area (Å²) in [6.45, 7) is 2.75. The van der Waals surface area contributed by atoms with Crippen molar-refractivity contribution in [3.63, 3.8) is 0 Å². The van der Waals surface area contributed by atoms with Gasteiger partial charge in [0.25, 0.3) is 5.91 Å². The zero-order valence-corrected chi connectivity index (χ0v) is 18.1. The number of nitrogens with one attached hydrogen (secondary N) is 3. The summed E-state index contributed by atoms with van der Waals surface area (Å²) in [6.07, 6.45) is 10.7. The molecule has 8 nitrogen and oxygen atoms in total. The second kappa shape index (κ2) is 9.08. The molecular weight excluding hydrogens is 394 g/mol. The van der Waals surface area contributed by atoms with E-state index < -0.39 is 11.7 Å². The summed E-state index contributed by atoms with van der Waals surface area (Å²) in [6, 6.07) is 2.90. The maximum Gasteiger partial charge on any atom is 0.256 e. The molecule has 3 heterocycles. The van der Waals surface area contributed by atoms with Crippen molar-refractivity contribution >= 4 is 23.5 Å². The fraction of sp³-hybridized carbons (Fsp3) is 0.565. The summed E-state index contributed by atoms with van der Waals surface area (Å²) in [5.41, 5.74) is 1.19. The number of allylic oxidation sites excluding steroid dienone is 1. The Balaban J connectivity index is 1.36. The molecule has 0 bridgehead atoms. The van der Waals surface area contributed by atoms with Crippen LogP contribution in [0.15, 0.2) is 30.0 Å². The molecule has 1 spiro atoms. The van der Waals surface area contributed by atoms with E-state index in [2.05, 4.69) is 27.0 Å². The Morgan fingerprint density at radius 3 is 2.94 bits per heavy atom. The zero-order valence-electron chi connectivity index (χ0n) is 18.1. The maximum atomic E-state index is 12.8. The lowest BCUT2D eigenvalue weighted by Crippen LogP contribution is -2.58. The predicted molar refractivity (Wildman–Crippen MR) is 117 cm³/mol. The Labute approximate surface area is 182 Å². The number of pyridine rings is 1. The monoisotopic (exact) mass is 425 g/mol. The third kappa shape index (κ3) is 4.73. The van der Waals surface area contributed by atoms with E-state index in [0.29, 0.717) is 37.3 Å². The van der Waals surface area contributed by atoms with Crippen molar-refractivity contribution in [1.29, 1.82) is 0 Å². The minimum atomic E-state index is -0.730. The molecular formula is C23H31N5O3. The Kier molecular flexibility index (Phi) is 6.25. The van der Waals surface area contributed by atoms with Crippen LogP contribution in [-0.2, 0) is 9.59 Å². The van der Waals surface area contributed by atoms with Crippen molar-refractivity contribution in [2.45, 2.75) is 70.0 Å². The van der Waals surface area contributed by atoms with Gasteiger partial charge in [0.15, 0.2) is 0 Å². The highest BCUT2D eigenvalue weighted by Crippen LogP contribution is 2.31. The Bertz CT molecular complexity index is 899. The van der Waals surface area contributed by atoms with Crippen molar-refractivity contribution in [3.8, 4) is 0 Å². The summed E-state index contributed by atoms with van der Waals surface area (Å²) in [5.74, 6) is 0.145. The number of fused-ring (bicyclic) bond motifs is 1. The largest absolute Gasteiger partial charge is 0.354 e. The zero-order chi connectivity index (χ0) is 21.8. The SMILES string of the molecule is CC(C(=O)NCCC1=CCCCC1)N1CCC2(CCC1=O)NC(=O)c1cccnc1N2. The van der Waals surface area contributed by atoms with E-state index in [9.17, 15) is 14.4 Å².